The highest BCUT2D eigenvalue weighted by Crippen LogP contribution is 2.21. The van der Waals surface area contributed by atoms with Crippen molar-refractivity contribution in [1.29, 1.82) is 0 Å². The number of carbonyl (C=O) groups excluding carboxylic acids is 1. The molecule has 0 aliphatic heterocycles. The van der Waals surface area contributed by atoms with Crippen LogP contribution in [0.3, 0.4) is 0 Å². The van der Waals surface area contributed by atoms with Crippen molar-refractivity contribution in [3.8, 4) is 0 Å². The first kappa shape index (κ1) is 19.0. The van der Waals surface area contributed by atoms with Gasteiger partial charge in [0.25, 0.3) is 0 Å². The lowest BCUT2D eigenvalue weighted by Gasteiger charge is -2.14. The molecule has 0 aliphatic rings. The zero-order valence-electron chi connectivity index (χ0n) is 15.1. The summed E-state index contributed by atoms with van der Waals surface area (Å²) in [5.74, 6) is 0. The second-order valence-corrected chi connectivity index (χ2v) is 5.79. The van der Waals surface area contributed by atoms with E-state index in [1.165, 1.54) is 0 Å². The number of urea groups is 1. The maximum Gasteiger partial charge on any atom is 0.323 e. The van der Waals surface area contributed by atoms with Crippen LogP contribution in [0.4, 0.5) is 16.2 Å². The lowest BCUT2D eigenvalue weighted by molar-refractivity contribution is 0.0617. The Balaban J connectivity index is 1.97. The van der Waals surface area contributed by atoms with Gasteiger partial charge in [0.1, 0.15) is 0 Å². The highest BCUT2D eigenvalue weighted by Gasteiger charge is 2.09. The second-order valence-electron chi connectivity index (χ2n) is 5.79. The summed E-state index contributed by atoms with van der Waals surface area (Å²) in [5, 5.41) is 5.84. The van der Waals surface area contributed by atoms with Gasteiger partial charge in [-0.15, -0.1) is 0 Å². The van der Waals surface area contributed by atoms with Crippen molar-refractivity contribution in [1.82, 2.24) is 0 Å². The summed E-state index contributed by atoms with van der Waals surface area (Å²) in [5.41, 5.74) is 4.78. The van der Waals surface area contributed by atoms with Gasteiger partial charge in [0.15, 0.2) is 0 Å². The van der Waals surface area contributed by atoms with E-state index in [1.807, 2.05) is 49.4 Å². The zero-order chi connectivity index (χ0) is 18.1. The number of para-hydroxylation sites is 1. The average molecular weight is 342 g/mol. The van der Waals surface area contributed by atoms with Crippen LogP contribution in [0.15, 0.2) is 42.5 Å². The molecule has 0 fully saturated rings. The molecule has 2 N–H and O–H groups in total. The molecule has 0 bridgehead atoms. The largest absolute Gasteiger partial charge is 0.382 e. The Morgan fingerprint density at radius 1 is 1.08 bits per heavy atom. The standard InChI is InChI=1S/C20H26N2O3/c1-4-17-9-5-7-15(2)19(17)22-20(23)21-18-10-6-8-16(13-18)14-25-12-11-24-3/h5-10,13H,4,11-12,14H2,1-3H3,(H2,21,22,23). The van der Waals surface area contributed by atoms with Gasteiger partial charge >= 0.3 is 6.03 Å². The van der Waals surface area contributed by atoms with Crippen molar-refractivity contribution < 1.29 is 14.3 Å². The maximum atomic E-state index is 12.3. The van der Waals surface area contributed by atoms with E-state index in [1.54, 1.807) is 7.11 Å². The third-order valence-corrected chi connectivity index (χ3v) is 3.86. The van der Waals surface area contributed by atoms with E-state index in [9.17, 15) is 4.79 Å². The molecule has 2 amide bonds. The number of aryl methyl sites for hydroxylation is 2. The fourth-order valence-corrected chi connectivity index (χ4v) is 2.55. The zero-order valence-corrected chi connectivity index (χ0v) is 15.1. The van der Waals surface area contributed by atoms with E-state index in [-0.39, 0.29) is 6.03 Å². The van der Waals surface area contributed by atoms with Crippen molar-refractivity contribution in [2.45, 2.75) is 26.9 Å². The minimum absolute atomic E-state index is 0.249. The highest BCUT2D eigenvalue weighted by atomic mass is 16.5. The number of anilines is 2. The number of benzene rings is 2. The van der Waals surface area contributed by atoms with Crippen LogP contribution < -0.4 is 10.6 Å². The highest BCUT2D eigenvalue weighted by molar-refractivity contribution is 6.00. The van der Waals surface area contributed by atoms with Gasteiger partial charge < -0.3 is 20.1 Å². The summed E-state index contributed by atoms with van der Waals surface area (Å²) in [6, 6.07) is 13.4. The Labute approximate surface area is 149 Å². The second kappa shape index (κ2) is 9.81. The third kappa shape index (κ3) is 5.89. The number of rotatable bonds is 8. The molecule has 2 aromatic rings. The summed E-state index contributed by atoms with van der Waals surface area (Å²) in [4.78, 5) is 12.3. The minimum atomic E-state index is -0.249. The van der Waals surface area contributed by atoms with E-state index in [0.29, 0.717) is 19.8 Å². The molecule has 0 radical (unpaired) electrons. The minimum Gasteiger partial charge on any atom is -0.382 e. The van der Waals surface area contributed by atoms with E-state index >= 15 is 0 Å². The van der Waals surface area contributed by atoms with E-state index in [4.69, 9.17) is 9.47 Å². The quantitative estimate of drug-likeness (QED) is 0.701. The lowest BCUT2D eigenvalue weighted by atomic mass is 10.1. The Bertz CT molecular complexity index is 701. The van der Waals surface area contributed by atoms with Crippen molar-refractivity contribution >= 4 is 17.4 Å². The Kier molecular flexibility index (Phi) is 7.44. The fraction of sp³-hybridized carbons (Fsp3) is 0.350. The molecule has 0 saturated heterocycles. The van der Waals surface area contributed by atoms with Gasteiger partial charge in [0, 0.05) is 18.5 Å². The van der Waals surface area contributed by atoms with Gasteiger partial charge in [-0.2, -0.15) is 0 Å². The van der Waals surface area contributed by atoms with Crippen LogP contribution >= 0.6 is 0 Å². The van der Waals surface area contributed by atoms with E-state index in [0.717, 1.165) is 34.5 Å². The normalized spacial score (nSPS) is 10.5. The first-order chi connectivity index (χ1) is 12.1. The van der Waals surface area contributed by atoms with Gasteiger partial charge in [0.05, 0.1) is 19.8 Å². The molecule has 0 saturated carbocycles. The predicted molar refractivity (Wildman–Crippen MR) is 101 cm³/mol. The molecule has 0 spiro atoms. The molecule has 0 unspecified atom stereocenters. The number of methoxy groups -OCH3 is 1. The summed E-state index contributed by atoms with van der Waals surface area (Å²) in [7, 11) is 1.64. The van der Waals surface area contributed by atoms with Gasteiger partial charge in [-0.05, 0) is 42.2 Å². The number of amides is 2. The summed E-state index contributed by atoms with van der Waals surface area (Å²) < 4.78 is 10.5. The van der Waals surface area contributed by atoms with Crippen LogP contribution in [0.1, 0.15) is 23.6 Å². The first-order valence-corrected chi connectivity index (χ1v) is 8.46. The molecule has 5 heteroatoms. The molecular formula is C20H26N2O3. The Morgan fingerprint density at radius 3 is 2.64 bits per heavy atom. The molecule has 0 heterocycles. The molecule has 5 nitrogen and oxygen atoms in total. The van der Waals surface area contributed by atoms with E-state index in [2.05, 4.69) is 17.6 Å². The smallest absolute Gasteiger partial charge is 0.323 e. The van der Waals surface area contributed by atoms with Crippen molar-refractivity contribution in [2.75, 3.05) is 31.0 Å². The molecule has 134 valence electrons. The van der Waals surface area contributed by atoms with Gasteiger partial charge in [-0.3, -0.25) is 0 Å². The first-order valence-electron chi connectivity index (χ1n) is 8.46. The molecule has 0 aliphatic carbocycles. The number of nitrogens with one attached hydrogen (secondary N) is 2. The van der Waals surface area contributed by atoms with Crippen molar-refractivity contribution in [3.05, 3.63) is 59.2 Å². The number of hydrogen-bond donors (Lipinski definition) is 2. The van der Waals surface area contributed by atoms with Gasteiger partial charge in [0.2, 0.25) is 0 Å². The number of carbonyl (C=O) groups is 1. The maximum absolute atomic E-state index is 12.3. The molecular weight excluding hydrogens is 316 g/mol. The van der Waals surface area contributed by atoms with Crippen molar-refractivity contribution in [3.63, 3.8) is 0 Å². The molecule has 25 heavy (non-hydrogen) atoms. The molecule has 0 aromatic heterocycles. The third-order valence-electron chi connectivity index (χ3n) is 3.86. The Morgan fingerprint density at radius 2 is 1.88 bits per heavy atom. The lowest BCUT2D eigenvalue weighted by Crippen LogP contribution is -2.21. The summed E-state index contributed by atoms with van der Waals surface area (Å²) in [6.45, 7) is 5.66. The van der Waals surface area contributed by atoms with Crippen LogP contribution in [-0.4, -0.2) is 26.4 Å². The molecule has 2 aromatic carbocycles. The average Bonchev–Trinajstić information content (AvgIpc) is 2.61. The van der Waals surface area contributed by atoms with Crippen LogP contribution in [-0.2, 0) is 22.5 Å². The van der Waals surface area contributed by atoms with E-state index < -0.39 is 0 Å². The van der Waals surface area contributed by atoms with Crippen LogP contribution in [0, 0.1) is 6.92 Å². The van der Waals surface area contributed by atoms with Crippen LogP contribution in [0.5, 0.6) is 0 Å². The van der Waals surface area contributed by atoms with Crippen LogP contribution in [0.2, 0.25) is 0 Å². The SMILES string of the molecule is CCc1cccc(C)c1NC(=O)Nc1cccc(COCCOC)c1. The van der Waals surface area contributed by atoms with Gasteiger partial charge in [-0.1, -0.05) is 37.3 Å². The number of ether oxygens (including phenoxy) is 2. The predicted octanol–water partition coefficient (Wildman–Crippen LogP) is 4.36. The van der Waals surface area contributed by atoms with Crippen molar-refractivity contribution in [2.24, 2.45) is 0 Å². The molecule has 0 atom stereocenters. The van der Waals surface area contributed by atoms with Crippen LogP contribution in [0.25, 0.3) is 0 Å². The number of hydrogen-bond acceptors (Lipinski definition) is 3. The fourth-order valence-electron chi connectivity index (χ4n) is 2.55. The molecule has 2 rings (SSSR count). The monoisotopic (exact) mass is 342 g/mol. The Hall–Kier alpha value is -2.37. The summed E-state index contributed by atoms with van der Waals surface area (Å²) >= 11 is 0. The van der Waals surface area contributed by atoms with Gasteiger partial charge in [-0.25, -0.2) is 4.79 Å². The topological polar surface area (TPSA) is 59.6 Å². The summed E-state index contributed by atoms with van der Waals surface area (Å²) in [6.07, 6.45) is 0.867.